The number of carbonyl (C=O) groups is 2. The van der Waals surface area contributed by atoms with E-state index in [1.807, 2.05) is 54.6 Å². The van der Waals surface area contributed by atoms with Crippen LogP contribution in [0.2, 0.25) is 0 Å². The smallest absolute Gasteiger partial charge is 0.407 e. The minimum absolute atomic E-state index is 0.0102. The van der Waals surface area contributed by atoms with Gasteiger partial charge >= 0.3 is 12.2 Å². The van der Waals surface area contributed by atoms with Crippen LogP contribution >= 0.6 is 0 Å². The van der Waals surface area contributed by atoms with Crippen LogP contribution in [0.5, 0.6) is 0 Å². The Morgan fingerprint density at radius 3 is 1.81 bits per heavy atom. The molecule has 37 heavy (non-hydrogen) atoms. The highest BCUT2D eigenvalue weighted by Gasteiger charge is 2.49. The molecule has 4 atom stereocenters. The van der Waals surface area contributed by atoms with Crippen molar-refractivity contribution < 1.29 is 28.5 Å². The summed E-state index contributed by atoms with van der Waals surface area (Å²) in [6.45, 7) is 0.969. The van der Waals surface area contributed by atoms with E-state index < -0.39 is 12.2 Å². The predicted octanol–water partition coefficient (Wildman–Crippen LogP) is 3.99. The van der Waals surface area contributed by atoms with E-state index in [4.69, 9.17) is 18.9 Å². The van der Waals surface area contributed by atoms with Crippen LogP contribution in [-0.4, -0.2) is 56.3 Å². The molecule has 3 aromatic carbocycles. The van der Waals surface area contributed by atoms with Gasteiger partial charge in [0, 0.05) is 5.92 Å². The van der Waals surface area contributed by atoms with Gasteiger partial charge in [-0.05, 0) is 27.8 Å². The molecule has 190 valence electrons. The van der Waals surface area contributed by atoms with Crippen LogP contribution in [0.25, 0.3) is 11.1 Å². The molecule has 2 heterocycles. The Kier molecular flexibility index (Phi) is 6.51. The van der Waals surface area contributed by atoms with Gasteiger partial charge < -0.3 is 29.6 Å². The zero-order valence-corrected chi connectivity index (χ0v) is 20.2. The molecule has 2 saturated heterocycles. The molecule has 0 aromatic heterocycles. The normalized spacial score (nSPS) is 23.6. The van der Waals surface area contributed by atoms with Gasteiger partial charge in [-0.1, -0.05) is 78.9 Å². The lowest BCUT2D eigenvalue weighted by atomic mass is 9.98. The summed E-state index contributed by atoms with van der Waals surface area (Å²) < 4.78 is 22.7. The third-order valence-corrected chi connectivity index (χ3v) is 7.22. The minimum Gasteiger partial charge on any atom is -0.449 e. The van der Waals surface area contributed by atoms with Gasteiger partial charge in [0.25, 0.3) is 0 Å². The Hall–Kier alpha value is -3.88. The van der Waals surface area contributed by atoms with Crippen LogP contribution in [0.15, 0.2) is 78.9 Å². The molecule has 3 aliphatic rings. The third-order valence-electron chi connectivity index (χ3n) is 7.22. The Bertz CT molecular complexity index is 1240. The first-order valence-electron chi connectivity index (χ1n) is 12.5. The van der Waals surface area contributed by atoms with Crippen molar-refractivity contribution in [1.29, 1.82) is 0 Å². The molecule has 0 unspecified atom stereocenters. The van der Waals surface area contributed by atoms with Crippen LogP contribution in [-0.2, 0) is 25.6 Å². The fourth-order valence-electron chi connectivity index (χ4n) is 5.45. The largest absolute Gasteiger partial charge is 0.449 e. The summed E-state index contributed by atoms with van der Waals surface area (Å²) in [4.78, 5) is 25.0. The van der Waals surface area contributed by atoms with Gasteiger partial charge in [-0.25, -0.2) is 9.59 Å². The van der Waals surface area contributed by atoms with E-state index in [9.17, 15) is 9.59 Å². The van der Waals surface area contributed by atoms with Crippen molar-refractivity contribution in [2.45, 2.75) is 36.8 Å². The molecule has 0 saturated carbocycles. The molecule has 6 rings (SSSR count). The van der Waals surface area contributed by atoms with E-state index in [2.05, 4.69) is 34.9 Å². The van der Waals surface area contributed by atoms with E-state index >= 15 is 0 Å². The lowest BCUT2D eigenvalue weighted by Crippen LogP contribution is -2.47. The zero-order chi connectivity index (χ0) is 25.2. The van der Waals surface area contributed by atoms with Crippen molar-refractivity contribution in [2.75, 3.05) is 19.8 Å². The number of hydrogen-bond donors (Lipinski definition) is 2. The van der Waals surface area contributed by atoms with Crippen molar-refractivity contribution in [2.24, 2.45) is 0 Å². The van der Waals surface area contributed by atoms with Gasteiger partial charge in [-0.2, -0.15) is 0 Å². The molecule has 0 radical (unpaired) electrons. The molecule has 2 aliphatic heterocycles. The van der Waals surface area contributed by atoms with Gasteiger partial charge in [-0.3, -0.25) is 0 Å². The van der Waals surface area contributed by atoms with Crippen molar-refractivity contribution >= 4 is 12.2 Å². The van der Waals surface area contributed by atoms with Crippen molar-refractivity contribution in [1.82, 2.24) is 10.6 Å². The fraction of sp³-hybridized carbons (Fsp3) is 0.310. The molecule has 3 aromatic rings. The summed E-state index contributed by atoms with van der Waals surface area (Å²) in [7, 11) is 0. The van der Waals surface area contributed by atoms with E-state index in [1.165, 1.54) is 11.1 Å². The summed E-state index contributed by atoms with van der Waals surface area (Å²) in [5, 5.41) is 5.71. The summed E-state index contributed by atoms with van der Waals surface area (Å²) in [6.07, 6.45) is -1.80. The number of benzene rings is 3. The molecule has 0 spiro atoms. The highest BCUT2D eigenvalue weighted by atomic mass is 16.6. The maximum absolute atomic E-state index is 12.7. The summed E-state index contributed by atoms with van der Waals surface area (Å²) in [6, 6.07) is 25.2. The molecule has 2 N–H and O–H groups in total. The number of ether oxygens (including phenoxy) is 4. The number of fused-ring (bicyclic) bond motifs is 4. The number of nitrogens with one attached hydrogen (secondary N) is 2. The van der Waals surface area contributed by atoms with E-state index in [-0.39, 0.29) is 56.6 Å². The molecular weight excluding hydrogens is 472 g/mol. The molecule has 2 fully saturated rings. The number of alkyl carbamates (subject to hydrolysis) is 2. The molecule has 2 amide bonds. The molecule has 1 aliphatic carbocycles. The first-order valence-corrected chi connectivity index (χ1v) is 12.5. The number of rotatable bonds is 6. The van der Waals surface area contributed by atoms with Crippen molar-refractivity contribution in [3.63, 3.8) is 0 Å². The highest BCUT2D eigenvalue weighted by molar-refractivity contribution is 5.79. The Labute approximate surface area is 214 Å². The predicted molar refractivity (Wildman–Crippen MR) is 135 cm³/mol. The SMILES string of the molecule is O=C(N[C@H]1CO[C@H]2[C@@H]1OC[C@@H]2NC(=O)OCC1c2ccccc2-c2ccccc21)OCc1ccccc1. The molecule has 0 bridgehead atoms. The average molecular weight is 501 g/mol. The van der Waals surface area contributed by atoms with Crippen molar-refractivity contribution in [3.8, 4) is 11.1 Å². The van der Waals surface area contributed by atoms with E-state index in [1.54, 1.807) is 0 Å². The van der Waals surface area contributed by atoms with Gasteiger partial charge in [0.15, 0.2) is 0 Å². The number of hydrogen-bond acceptors (Lipinski definition) is 6. The van der Waals surface area contributed by atoms with E-state index in [0.29, 0.717) is 0 Å². The van der Waals surface area contributed by atoms with Crippen LogP contribution in [0.4, 0.5) is 9.59 Å². The Morgan fingerprint density at radius 1 is 0.703 bits per heavy atom. The van der Waals surface area contributed by atoms with Gasteiger partial charge in [-0.15, -0.1) is 0 Å². The zero-order valence-electron chi connectivity index (χ0n) is 20.2. The van der Waals surface area contributed by atoms with Crippen molar-refractivity contribution in [3.05, 3.63) is 95.6 Å². The second-order valence-electron chi connectivity index (χ2n) is 9.48. The lowest BCUT2D eigenvalue weighted by molar-refractivity contribution is 0.0637. The molecular formula is C29H28N2O6. The molecule has 8 nitrogen and oxygen atoms in total. The fourth-order valence-corrected chi connectivity index (χ4v) is 5.45. The Morgan fingerprint density at radius 2 is 1.22 bits per heavy atom. The van der Waals surface area contributed by atoms with Crippen LogP contribution < -0.4 is 10.6 Å². The quantitative estimate of drug-likeness (QED) is 0.532. The second kappa shape index (κ2) is 10.2. The van der Waals surface area contributed by atoms with Crippen LogP contribution in [0.1, 0.15) is 22.6 Å². The first-order chi connectivity index (χ1) is 18.2. The maximum atomic E-state index is 12.7. The number of amides is 2. The Balaban J connectivity index is 1.00. The van der Waals surface area contributed by atoms with Crippen LogP contribution in [0.3, 0.4) is 0 Å². The first kappa shape index (κ1) is 23.5. The van der Waals surface area contributed by atoms with E-state index in [0.717, 1.165) is 16.7 Å². The standard InChI is InChI=1S/C29H28N2O6/c32-28(36-14-18-8-2-1-3-9-18)30-24-16-34-27-25(17-35-26(24)27)31-29(33)37-15-23-21-12-6-4-10-19(21)20-11-5-7-13-22(20)23/h1-13,23-27H,14-17H2,(H,30,32)(H,31,33)/t24-,25-,26+,27+/m0/s1. The second-order valence-corrected chi connectivity index (χ2v) is 9.48. The molecule has 8 heteroatoms. The lowest BCUT2D eigenvalue weighted by Gasteiger charge is -2.19. The highest BCUT2D eigenvalue weighted by Crippen LogP contribution is 2.44. The summed E-state index contributed by atoms with van der Waals surface area (Å²) in [5.74, 6) is -0.0102. The van der Waals surface area contributed by atoms with Crippen LogP contribution in [0, 0.1) is 0 Å². The summed E-state index contributed by atoms with van der Waals surface area (Å²) >= 11 is 0. The number of carbonyl (C=O) groups excluding carboxylic acids is 2. The van der Waals surface area contributed by atoms with Gasteiger partial charge in [0.2, 0.25) is 0 Å². The average Bonchev–Trinajstić information content (AvgIpc) is 3.61. The minimum atomic E-state index is -0.533. The summed E-state index contributed by atoms with van der Waals surface area (Å²) in [5.41, 5.74) is 5.59. The van der Waals surface area contributed by atoms with Gasteiger partial charge in [0.05, 0.1) is 25.3 Å². The third kappa shape index (κ3) is 4.77. The monoisotopic (exact) mass is 500 g/mol. The van der Waals surface area contributed by atoms with Gasteiger partial charge in [0.1, 0.15) is 25.4 Å². The maximum Gasteiger partial charge on any atom is 0.407 e. The topological polar surface area (TPSA) is 95.1 Å².